The van der Waals surface area contributed by atoms with E-state index in [2.05, 4.69) is 30.8 Å². The summed E-state index contributed by atoms with van der Waals surface area (Å²) in [6, 6.07) is 9.70. The molecule has 1 aliphatic rings. The second kappa shape index (κ2) is 9.38. The second-order valence-corrected chi connectivity index (χ2v) is 7.13. The summed E-state index contributed by atoms with van der Waals surface area (Å²) in [6.07, 6.45) is 3.68. The SMILES string of the molecule is CN=C(N/N=C/Cc1ccc(F)cc1)c1nc(N2CCNC(=O)C2)c2cccnc2c1O. The summed E-state index contributed by atoms with van der Waals surface area (Å²) < 4.78 is 13.0. The van der Waals surface area contributed by atoms with Crippen LogP contribution in [-0.4, -0.2) is 59.7 Å². The Hall–Kier alpha value is -4.08. The number of aromatic hydroxyl groups is 1. The first-order valence-electron chi connectivity index (χ1n) is 10.1. The predicted octanol–water partition coefficient (Wildman–Crippen LogP) is 1.61. The number of carbonyl (C=O) groups is 1. The van der Waals surface area contributed by atoms with E-state index in [9.17, 15) is 14.3 Å². The molecule has 164 valence electrons. The van der Waals surface area contributed by atoms with Gasteiger partial charge in [0.25, 0.3) is 0 Å². The maximum atomic E-state index is 13.0. The highest BCUT2D eigenvalue weighted by Crippen LogP contribution is 2.32. The molecule has 4 rings (SSSR count). The van der Waals surface area contributed by atoms with Crippen molar-refractivity contribution in [3.05, 3.63) is 59.7 Å². The molecule has 9 nitrogen and oxygen atoms in total. The number of carbonyl (C=O) groups excluding carboxylic acids is 1. The van der Waals surface area contributed by atoms with Crippen molar-refractivity contribution in [1.82, 2.24) is 20.7 Å². The van der Waals surface area contributed by atoms with Gasteiger partial charge < -0.3 is 15.3 Å². The monoisotopic (exact) mass is 435 g/mol. The third-order valence-electron chi connectivity index (χ3n) is 5.00. The highest BCUT2D eigenvalue weighted by atomic mass is 19.1. The Morgan fingerprint density at radius 1 is 1.34 bits per heavy atom. The lowest BCUT2D eigenvalue weighted by molar-refractivity contribution is -0.120. The molecule has 1 saturated heterocycles. The van der Waals surface area contributed by atoms with Crippen molar-refractivity contribution in [2.24, 2.45) is 10.1 Å². The summed E-state index contributed by atoms with van der Waals surface area (Å²) in [6.45, 7) is 1.23. The van der Waals surface area contributed by atoms with E-state index in [1.54, 1.807) is 43.7 Å². The van der Waals surface area contributed by atoms with Gasteiger partial charge in [0.2, 0.25) is 5.91 Å². The third kappa shape index (κ3) is 4.48. The van der Waals surface area contributed by atoms with E-state index < -0.39 is 0 Å². The zero-order valence-corrected chi connectivity index (χ0v) is 17.4. The Morgan fingerprint density at radius 3 is 2.91 bits per heavy atom. The van der Waals surface area contributed by atoms with Crippen LogP contribution in [0.25, 0.3) is 10.9 Å². The summed E-state index contributed by atoms with van der Waals surface area (Å²) in [7, 11) is 1.55. The van der Waals surface area contributed by atoms with E-state index in [4.69, 9.17) is 0 Å². The van der Waals surface area contributed by atoms with Crippen LogP contribution < -0.4 is 15.6 Å². The van der Waals surface area contributed by atoms with E-state index in [-0.39, 0.29) is 35.5 Å². The zero-order valence-electron chi connectivity index (χ0n) is 17.4. The minimum atomic E-state index is -0.294. The van der Waals surface area contributed by atoms with Crippen molar-refractivity contribution in [3.8, 4) is 5.75 Å². The van der Waals surface area contributed by atoms with Gasteiger partial charge in [0.05, 0.1) is 6.54 Å². The van der Waals surface area contributed by atoms with Crippen molar-refractivity contribution in [3.63, 3.8) is 0 Å². The number of aromatic nitrogens is 2. The lowest BCUT2D eigenvalue weighted by atomic mass is 10.1. The summed E-state index contributed by atoms with van der Waals surface area (Å²) in [4.78, 5) is 26.9. The fraction of sp³-hybridized carbons (Fsp3) is 0.227. The van der Waals surface area contributed by atoms with Gasteiger partial charge in [0.15, 0.2) is 17.3 Å². The average molecular weight is 435 g/mol. The van der Waals surface area contributed by atoms with Crippen LogP contribution in [0.15, 0.2) is 52.7 Å². The molecule has 3 heterocycles. The standard InChI is InChI=1S/C22H22FN7O2/c1-24-21(29-27-10-8-14-4-6-15(23)7-5-14)19-20(32)18-16(3-2-9-26-18)22(28-19)30-12-11-25-17(31)13-30/h2-7,9-10,32H,8,11-13H2,1H3,(H,24,29)(H,25,31)/b27-10+. The minimum Gasteiger partial charge on any atom is -0.504 e. The van der Waals surface area contributed by atoms with Gasteiger partial charge >= 0.3 is 0 Å². The van der Waals surface area contributed by atoms with Gasteiger partial charge in [-0.3, -0.25) is 20.2 Å². The third-order valence-corrected chi connectivity index (χ3v) is 5.00. The maximum Gasteiger partial charge on any atom is 0.239 e. The van der Waals surface area contributed by atoms with Crippen LogP contribution >= 0.6 is 0 Å². The van der Waals surface area contributed by atoms with Crippen LogP contribution in [0.2, 0.25) is 0 Å². The molecule has 32 heavy (non-hydrogen) atoms. The molecule has 1 aromatic carbocycles. The number of halogens is 1. The Balaban J connectivity index is 1.62. The molecular weight excluding hydrogens is 413 g/mol. The van der Waals surface area contributed by atoms with E-state index in [1.165, 1.54) is 12.1 Å². The van der Waals surface area contributed by atoms with Gasteiger partial charge in [0, 0.05) is 44.4 Å². The van der Waals surface area contributed by atoms with Crippen molar-refractivity contribution in [1.29, 1.82) is 0 Å². The van der Waals surface area contributed by atoms with Crippen molar-refractivity contribution in [2.75, 3.05) is 31.6 Å². The highest BCUT2D eigenvalue weighted by Gasteiger charge is 2.24. The number of benzene rings is 1. The van der Waals surface area contributed by atoms with E-state index >= 15 is 0 Å². The molecule has 2 aromatic heterocycles. The fourth-order valence-corrected chi connectivity index (χ4v) is 3.42. The van der Waals surface area contributed by atoms with Crippen molar-refractivity contribution in [2.45, 2.75) is 6.42 Å². The lowest BCUT2D eigenvalue weighted by Gasteiger charge is -2.29. The molecule has 0 aliphatic carbocycles. The number of amidine groups is 1. The number of hydrogen-bond acceptors (Lipinski definition) is 7. The molecule has 3 N–H and O–H groups in total. The number of nitrogens with one attached hydrogen (secondary N) is 2. The molecule has 1 fully saturated rings. The molecule has 0 spiro atoms. The van der Waals surface area contributed by atoms with Gasteiger partial charge in [-0.2, -0.15) is 5.10 Å². The molecule has 0 atom stereocenters. The van der Waals surface area contributed by atoms with E-state index in [1.807, 2.05) is 4.90 Å². The normalized spacial score (nSPS) is 14.8. The smallest absolute Gasteiger partial charge is 0.239 e. The summed E-state index contributed by atoms with van der Waals surface area (Å²) in [5, 5.41) is 18.4. The first-order valence-corrected chi connectivity index (χ1v) is 10.1. The minimum absolute atomic E-state index is 0.0994. The van der Waals surface area contributed by atoms with Crippen molar-refractivity contribution >= 4 is 34.7 Å². The fourth-order valence-electron chi connectivity index (χ4n) is 3.42. The molecule has 3 aromatic rings. The number of pyridine rings is 2. The molecule has 0 saturated carbocycles. The number of nitrogens with zero attached hydrogens (tertiary/aromatic N) is 5. The number of rotatable bonds is 5. The van der Waals surface area contributed by atoms with Gasteiger partial charge in [0.1, 0.15) is 17.2 Å². The topological polar surface area (TPSA) is 115 Å². The Morgan fingerprint density at radius 2 is 2.16 bits per heavy atom. The van der Waals surface area contributed by atoms with Crippen LogP contribution in [0.3, 0.4) is 0 Å². The summed E-state index contributed by atoms with van der Waals surface area (Å²) in [5.41, 5.74) is 4.24. The zero-order chi connectivity index (χ0) is 22.5. The van der Waals surface area contributed by atoms with Crippen LogP contribution in [-0.2, 0) is 11.2 Å². The Labute approximate surface area is 183 Å². The Bertz CT molecular complexity index is 1190. The molecule has 0 radical (unpaired) electrons. The predicted molar refractivity (Wildman–Crippen MR) is 121 cm³/mol. The van der Waals surface area contributed by atoms with Crippen LogP contribution in [0.1, 0.15) is 11.3 Å². The number of hydrogen-bond donors (Lipinski definition) is 3. The summed E-state index contributed by atoms with van der Waals surface area (Å²) in [5.74, 6) is 0.255. The van der Waals surface area contributed by atoms with Gasteiger partial charge in [-0.25, -0.2) is 9.37 Å². The maximum absolute atomic E-state index is 13.0. The van der Waals surface area contributed by atoms with Gasteiger partial charge in [-0.1, -0.05) is 12.1 Å². The molecule has 0 unspecified atom stereocenters. The molecule has 10 heteroatoms. The first kappa shape index (κ1) is 21.2. The molecule has 0 bridgehead atoms. The van der Waals surface area contributed by atoms with Gasteiger partial charge in [-0.05, 0) is 29.8 Å². The first-order chi connectivity index (χ1) is 15.6. The second-order valence-electron chi connectivity index (χ2n) is 7.13. The van der Waals surface area contributed by atoms with E-state index in [0.29, 0.717) is 36.2 Å². The number of aliphatic imine (C=N–C) groups is 1. The molecule has 1 amide bonds. The quantitative estimate of drug-likeness (QED) is 0.319. The highest BCUT2D eigenvalue weighted by molar-refractivity contribution is 6.06. The molecule has 1 aliphatic heterocycles. The Kier molecular flexibility index (Phi) is 6.20. The number of anilines is 1. The largest absolute Gasteiger partial charge is 0.504 e. The number of fused-ring (bicyclic) bond motifs is 1. The van der Waals surface area contributed by atoms with E-state index in [0.717, 1.165) is 5.56 Å². The van der Waals surface area contributed by atoms with Crippen LogP contribution in [0.4, 0.5) is 10.2 Å². The van der Waals surface area contributed by atoms with Crippen molar-refractivity contribution < 1.29 is 14.3 Å². The van der Waals surface area contributed by atoms with Crippen LogP contribution in [0, 0.1) is 5.82 Å². The number of piperazine rings is 1. The summed E-state index contributed by atoms with van der Waals surface area (Å²) >= 11 is 0. The number of hydrazone groups is 1. The number of amides is 1. The van der Waals surface area contributed by atoms with Gasteiger partial charge in [-0.15, -0.1) is 0 Å². The molecular formula is C22H22FN7O2. The lowest BCUT2D eigenvalue weighted by Crippen LogP contribution is -2.48. The average Bonchev–Trinajstić information content (AvgIpc) is 2.81. The van der Waals surface area contributed by atoms with Crippen LogP contribution in [0.5, 0.6) is 5.75 Å².